The van der Waals surface area contributed by atoms with Crippen LogP contribution in [0.1, 0.15) is 56.7 Å². The van der Waals surface area contributed by atoms with E-state index in [-0.39, 0.29) is 11.8 Å². The number of hydrogen-bond acceptors (Lipinski definition) is 5. The smallest absolute Gasteiger partial charge is 0.227 e. The van der Waals surface area contributed by atoms with E-state index >= 15 is 0 Å². The van der Waals surface area contributed by atoms with Crippen molar-refractivity contribution in [3.8, 4) is 0 Å². The zero-order chi connectivity index (χ0) is 18.4. The molecular weight excluding hydrogens is 344 g/mol. The van der Waals surface area contributed by atoms with Crippen LogP contribution in [0.5, 0.6) is 0 Å². The van der Waals surface area contributed by atoms with E-state index in [9.17, 15) is 4.79 Å². The monoisotopic (exact) mass is 368 g/mol. The summed E-state index contributed by atoms with van der Waals surface area (Å²) in [4.78, 5) is 17.5. The van der Waals surface area contributed by atoms with E-state index in [4.69, 9.17) is 0 Å². The third kappa shape index (κ3) is 2.86. The van der Waals surface area contributed by atoms with Crippen molar-refractivity contribution in [2.45, 2.75) is 50.7 Å². The molecule has 2 atom stereocenters. The molecule has 6 heteroatoms. The molecule has 0 saturated heterocycles. The highest BCUT2D eigenvalue weighted by Crippen LogP contribution is 2.41. The molecule has 4 rings (SSSR count). The van der Waals surface area contributed by atoms with Gasteiger partial charge in [-0.2, -0.15) is 4.98 Å². The summed E-state index contributed by atoms with van der Waals surface area (Å²) in [5, 5.41) is 8.75. The molecule has 0 radical (unpaired) electrons. The molecule has 26 heavy (non-hydrogen) atoms. The van der Waals surface area contributed by atoms with Crippen molar-refractivity contribution in [3.63, 3.8) is 0 Å². The molecular formula is C20H24N4OS. The van der Waals surface area contributed by atoms with Gasteiger partial charge in [-0.25, -0.2) is 4.68 Å². The summed E-state index contributed by atoms with van der Waals surface area (Å²) in [7, 11) is 0. The van der Waals surface area contributed by atoms with Gasteiger partial charge in [-0.3, -0.25) is 4.79 Å². The quantitative estimate of drug-likeness (QED) is 0.814. The number of hydrogen-bond donors (Lipinski definition) is 1. The van der Waals surface area contributed by atoms with Crippen LogP contribution in [0.3, 0.4) is 0 Å². The van der Waals surface area contributed by atoms with Gasteiger partial charge in [0.25, 0.3) is 0 Å². The predicted octanol–water partition coefficient (Wildman–Crippen LogP) is 4.39. The van der Waals surface area contributed by atoms with E-state index in [0.29, 0.717) is 18.3 Å². The molecule has 1 aromatic heterocycles. The number of nitrogens with one attached hydrogen (secondary N) is 1. The number of Topliss-reactive ketones (excluding diaryl/α,β-unsaturated/α-hetero) is 1. The highest BCUT2D eigenvalue weighted by atomic mass is 32.2. The topological polar surface area (TPSA) is 59.8 Å². The van der Waals surface area contributed by atoms with Gasteiger partial charge in [-0.15, -0.1) is 5.10 Å². The van der Waals surface area contributed by atoms with Gasteiger partial charge >= 0.3 is 0 Å². The number of carbonyl (C=O) groups excluding carboxylic acids is 1. The van der Waals surface area contributed by atoms with Gasteiger partial charge < -0.3 is 5.32 Å². The number of rotatable bonds is 3. The Kier molecular flexibility index (Phi) is 4.39. The number of nitrogens with zero attached hydrogens (tertiary/aromatic N) is 3. The van der Waals surface area contributed by atoms with Crippen LogP contribution in [-0.2, 0) is 4.79 Å². The lowest BCUT2D eigenvalue weighted by molar-refractivity contribution is -0.117. The second kappa shape index (κ2) is 6.58. The molecule has 1 aliphatic carbocycles. The number of ketones is 1. The van der Waals surface area contributed by atoms with Gasteiger partial charge in [-0.1, -0.05) is 56.8 Å². The molecule has 2 aliphatic rings. The lowest BCUT2D eigenvalue weighted by Gasteiger charge is -2.34. The summed E-state index contributed by atoms with van der Waals surface area (Å²) in [6.45, 7) is 6.50. The number of carbonyl (C=O) groups is 1. The van der Waals surface area contributed by atoms with Crippen molar-refractivity contribution >= 4 is 23.5 Å². The SMILES string of the molecule is CSc1nc2n(n1)[C@@H](c1ccc(C(C)C)cc1)C1=C(C[C@@H](C)CC1=O)N2. The maximum atomic E-state index is 12.9. The third-order valence-electron chi connectivity index (χ3n) is 5.21. The molecule has 1 N–H and O–H groups in total. The van der Waals surface area contributed by atoms with Gasteiger partial charge in [0.15, 0.2) is 5.78 Å². The van der Waals surface area contributed by atoms with Gasteiger partial charge in [0, 0.05) is 17.7 Å². The number of aromatic nitrogens is 3. The summed E-state index contributed by atoms with van der Waals surface area (Å²) in [6, 6.07) is 8.38. The van der Waals surface area contributed by atoms with Crippen LogP contribution < -0.4 is 5.32 Å². The normalized spacial score (nSPS) is 22.3. The first-order valence-corrected chi connectivity index (χ1v) is 10.3. The minimum Gasteiger partial charge on any atom is -0.328 e. The third-order valence-corrected chi connectivity index (χ3v) is 5.74. The van der Waals surface area contributed by atoms with Crippen LogP contribution in [0.15, 0.2) is 40.7 Å². The largest absolute Gasteiger partial charge is 0.328 e. The lowest BCUT2D eigenvalue weighted by atomic mass is 9.81. The van der Waals surface area contributed by atoms with Crippen LogP contribution in [0.4, 0.5) is 5.95 Å². The Balaban J connectivity index is 1.85. The maximum Gasteiger partial charge on any atom is 0.227 e. The highest BCUT2D eigenvalue weighted by Gasteiger charge is 2.38. The van der Waals surface area contributed by atoms with Crippen molar-refractivity contribution in [2.75, 3.05) is 11.6 Å². The molecule has 1 aromatic carbocycles. The molecule has 0 spiro atoms. The Morgan fingerprint density at radius 1 is 1.23 bits per heavy atom. The van der Waals surface area contributed by atoms with E-state index < -0.39 is 0 Å². The Hall–Kier alpha value is -2.08. The van der Waals surface area contributed by atoms with Gasteiger partial charge in [-0.05, 0) is 35.6 Å². The fourth-order valence-electron chi connectivity index (χ4n) is 3.84. The van der Waals surface area contributed by atoms with Crippen LogP contribution in [0, 0.1) is 5.92 Å². The van der Waals surface area contributed by atoms with E-state index in [1.165, 1.54) is 17.3 Å². The Morgan fingerprint density at radius 3 is 2.62 bits per heavy atom. The summed E-state index contributed by atoms with van der Waals surface area (Å²) in [5.74, 6) is 1.78. The minimum atomic E-state index is -0.198. The molecule has 2 aromatic rings. The Morgan fingerprint density at radius 2 is 1.96 bits per heavy atom. The summed E-state index contributed by atoms with van der Waals surface area (Å²) in [5.41, 5.74) is 4.25. The first-order chi connectivity index (χ1) is 12.5. The number of thioether (sulfide) groups is 1. The number of anilines is 1. The molecule has 0 bridgehead atoms. The second-order valence-electron chi connectivity index (χ2n) is 7.54. The summed E-state index contributed by atoms with van der Waals surface area (Å²) in [6.07, 6.45) is 3.44. The molecule has 0 fully saturated rings. The van der Waals surface area contributed by atoms with Crippen LogP contribution in [0.2, 0.25) is 0 Å². The van der Waals surface area contributed by atoms with E-state index in [1.54, 1.807) is 0 Å². The standard InChI is InChI=1S/C20H24N4OS/c1-11(2)13-5-7-14(8-6-13)18-17-15(9-12(3)10-16(17)25)21-19-22-20(26-4)23-24(18)19/h5-8,11-12,18H,9-10H2,1-4H3,(H,21,22,23)/t12-,18+/m1/s1. The van der Waals surface area contributed by atoms with Crippen LogP contribution >= 0.6 is 11.8 Å². The van der Waals surface area contributed by atoms with Gasteiger partial charge in [0.2, 0.25) is 11.1 Å². The number of fused-ring (bicyclic) bond motifs is 1. The predicted molar refractivity (Wildman–Crippen MR) is 105 cm³/mol. The Labute approximate surface area is 158 Å². The molecule has 1 aliphatic heterocycles. The van der Waals surface area contributed by atoms with Crippen LogP contribution in [-0.4, -0.2) is 26.8 Å². The van der Waals surface area contributed by atoms with Crippen molar-refractivity contribution in [3.05, 3.63) is 46.7 Å². The first-order valence-electron chi connectivity index (χ1n) is 9.11. The molecule has 0 unspecified atom stereocenters. The molecule has 0 saturated carbocycles. The van der Waals surface area contributed by atoms with Crippen molar-refractivity contribution in [1.82, 2.24) is 14.8 Å². The van der Waals surface area contributed by atoms with E-state index in [0.717, 1.165) is 34.4 Å². The highest BCUT2D eigenvalue weighted by molar-refractivity contribution is 7.98. The zero-order valence-corrected chi connectivity index (χ0v) is 16.4. The average molecular weight is 369 g/mol. The molecule has 2 heterocycles. The van der Waals surface area contributed by atoms with E-state index in [1.807, 2.05) is 10.9 Å². The average Bonchev–Trinajstić information content (AvgIpc) is 3.02. The minimum absolute atomic E-state index is 0.198. The first kappa shape index (κ1) is 17.3. The fourth-order valence-corrected chi connectivity index (χ4v) is 4.19. The van der Waals surface area contributed by atoms with Crippen molar-refractivity contribution in [1.29, 1.82) is 0 Å². The van der Waals surface area contributed by atoms with Gasteiger partial charge in [0.1, 0.15) is 6.04 Å². The van der Waals surface area contributed by atoms with Crippen LogP contribution in [0.25, 0.3) is 0 Å². The van der Waals surface area contributed by atoms with Crippen molar-refractivity contribution < 1.29 is 4.79 Å². The van der Waals surface area contributed by atoms with Gasteiger partial charge in [0.05, 0.1) is 0 Å². The molecule has 136 valence electrons. The lowest BCUT2D eigenvalue weighted by Crippen LogP contribution is -2.33. The molecule has 5 nitrogen and oxygen atoms in total. The summed E-state index contributed by atoms with van der Waals surface area (Å²) >= 11 is 1.51. The maximum absolute atomic E-state index is 12.9. The van der Waals surface area contributed by atoms with E-state index in [2.05, 4.69) is 60.4 Å². The van der Waals surface area contributed by atoms with Crippen molar-refractivity contribution in [2.24, 2.45) is 5.92 Å². The zero-order valence-electron chi connectivity index (χ0n) is 15.6. The number of allylic oxidation sites excluding steroid dienone is 2. The second-order valence-corrected chi connectivity index (χ2v) is 8.32. The molecule has 0 amide bonds. The Bertz CT molecular complexity index is 882. The summed E-state index contributed by atoms with van der Waals surface area (Å²) < 4.78 is 1.88. The fraction of sp³-hybridized carbons (Fsp3) is 0.450. The number of benzene rings is 1.